The quantitative estimate of drug-likeness (QED) is 0.678. The van der Waals surface area contributed by atoms with Gasteiger partial charge in [0.05, 0.1) is 0 Å². The summed E-state index contributed by atoms with van der Waals surface area (Å²) in [6.45, 7) is 3.64. The maximum atomic E-state index is 11.6. The average Bonchev–Trinajstić information content (AvgIpc) is 2.05. The lowest BCUT2D eigenvalue weighted by atomic mass is 9.79. The van der Waals surface area contributed by atoms with Gasteiger partial charge in [0.2, 0.25) is 0 Å². The van der Waals surface area contributed by atoms with Crippen molar-refractivity contribution in [2.75, 3.05) is 0 Å². The predicted molar refractivity (Wildman–Crippen MR) is 70.7 cm³/mol. The number of Topliss-reactive ketones (excluding diaryl/α,β-unsaturated/α-hetero) is 1. The van der Waals surface area contributed by atoms with Crippen molar-refractivity contribution in [3.05, 3.63) is 11.6 Å². The van der Waals surface area contributed by atoms with E-state index in [9.17, 15) is 4.79 Å². The van der Waals surface area contributed by atoms with Crippen molar-refractivity contribution < 1.29 is 4.79 Å². The predicted octanol–water partition coefficient (Wildman–Crippen LogP) is 4.67. The van der Waals surface area contributed by atoms with Gasteiger partial charge < -0.3 is 0 Å². The highest BCUT2D eigenvalue weighted by molar-refractivity contribution is 6.67. The number of hydrogen-bond donors (Lipinski definition) is 0. The molecule has 16 heavy (non-hydrogen) atoms. The Kier molecular flexibility index (Phi) is 4.62. The Morgan fingerprint density at radius 1 is 1.38 bits per heavy atom. The molecule has 0 aromatic rings. The van der Waals surface area contributed by atoms with Crippen LogP contribution >= 0.6 is 46.4 Å². The lowest BCUT2D eigenvalue weighted by Gasteiger charge is -2.35. The number of ketones is 1. The van der Waals surface area contributed by atoms with Crippen molar-refractivity contribution in [2.24, 2.45) is 5.92 Å². The minimum atomic E-state index is -1.38. The van der Waals surface area contributed by atoms with Gasteiger partial charge in [-0.2, -0.15) is 0 Å². The molecule has 0 radical (unpaired) electrons. The summed E-state index contributed by atoms with van der Waals surface area (Å²) in [4.78, 5) is 10.9. The molecule has 0 bridgehead atoms. The molecule has 0 aliphatic heterocycles. The number of carbonyl (C=O) groups excluding carboxylic acids is 1. The molecule has 1 aliphatic rings. The molecular formula is C11H14Cl4O. The van der Waals surface area contributed by atoms with E-state index in [0.29, 0.717) is 6.42 Å². The van der Waals surface area contributed by atoms with E-state index in [2.05, 4.69) is 0 Å². The Morgan fingerprint density at radius 3 is 2.38 bits per heavy atom. The molecular weight excluding hydrogens is 290 g/mol. The monoisotopic (exact) mass is 302 g/mol. The van der Waals surface area contributed by atoms with Crippen LogP contribution in [0.5, 0.6) is 0 Å². The Bertz CT molecular complexity index is 314. The van der Waals surface area contributed by atoms with Gasteiger partial charge in [-0.25, -0.2) is 0 Å². The van der Waals surface area contributed by atoms with Gasteiger partial charge >= 0.3 is 0 Å². The minimum Gasteiger partial charge on any atom is -0.295 e. The fourth-order valence-corrected chi connectivity index (χ4v) is 3.30. The van der Waals surface area contributed by atoms with E-state index in [1.807, 2.05) is 19.9 Å². The van der Waals surface area contributed by atoms with Crippen LogP contribution in [0.25, 0.3) is 0 Å². The molecule has 0 saturated heterocycles. The summed E-state index contributed by atoms with van der Waals surface area (Å²) >= 11 is 23.6. The smallest absolute Gasteiger partial charge is 0.192 e. The molecule has 0 amide bonds. The standard InChI is InChI=1S/C11H14Cl4O/c1-7-3-4-8(5-9(7)16)10(2,12)6-11(13,14)15/h3,8H,4-6H2,1-2H3/t8-,10-/m1/s1. The largest absolute Gasteiger partial charge is 0.295 e. The fraction of sp³-hybridized carbons (Fsp3) is 0.727. The highest BCUT2D eigenvalue weighted by atomic mass is 35.6. The molecule has 1 rings (SSSR count). The van der Waals surface area contributed by atoms with E-state index in [0.717, 1.165) is 12.0 Å². The second-order valence-corrected chi connectivity index (χ2v) is 7.90. The van der Waals surface area contributed by atoms with Crippen LogP contribution in [-0.2, 0) is 4.79 Å². The summed E-state index contributed by atoms with van der Waals surface area (Å²) < 4.78 is -1.38. The highest BCUT2D eigenvalue weighted by Crippen LogP contribution is 2.45. The molecule has 0 unspecified atom stereocenters. The average molecular weight is 304 g/mol. The van der Waals surface area contributed by atoms with Crippen LogP contribution in [0.3, 0.4) is 0 Å². The first-order valence-electron chi connectivity index (χ1n) is 5.07. The first-order chi connectivity index (χ1) is 7.12. The normalized spacial score (nSPS) is 26.2. The molecule has 5 heteroatoms. The first kappa shape index (κ1) is 14.6. The van der Waals surface area contributed by atoms with E-state index in [4.69, 9.17) is 46.4 Å². The summed E-state index contributed by atoms with van der Waals surface area (Å²) in [7, 11) is 0. The number of rotatable bonds is 2. The molecule has 92 valence electrons. The number of alkyl halides is 4. The molecule has 0 fully saturated rings. The second-order valence-electron chi connectivity index (χ2n) is 4.52. The minimum absolute atomic E-state index is 0.0287. The maximum absolute atomic E-state index is 11.6. The van der Waals surface area contributed by atoms with Gasteiger partial charge in [0.1, 0.15) is 0 Å². The second kappa shape index (κ2) is 5.06. The van der Waals surface area contributed by atoms with Gasteiger partial charge in [-0.15, -0.1) is 11.6 Å². The zero-order chi connectivity index (χ0) is 12.6. The van der Waals surface area contributed by atoms with E-state index in [1.54, 1.807) is 0 Å². The van der Waals surface area contributed by atoms with Gasteiger partial charge in [-0.1, -0.05) is 40.9 Å². The van der Waals surface area contributed by atoms with Crippen molar-refractivity contribution in [2.45, 2.75) is 41.8 Å². The van der Waals surface area contributed by atoms with Crippen LogP contribution < -0.4 is 0 Å². The summed E-state index contributed by atoms with van der Waals surface area (Å²) in [5.74, 6) is 0.161. The molecule has 0 aromatic carbocycles. The van der Waals surface area contributed by atoms with Crippen LogP contribution in [0.15, 0.2) is 11.6 Å². The molecule has 0 saturated carbocycles. The molecule has 1 aliphatic carbocycles. The van der Waals surface area contributed by atoms with Crippen molar-refractivity contribution >= 4 is 52.2 Å². The summed E-state index contributed by atoms with van der Waals surface area (Å²) in [6, 6.07) is 0. The van der Waals surface area contributed by atoms with Gasteiger partial charge in [0.15, 0.2) is 9.58 Å². The van der Waals surface area contributed by atoms with Gasteiger partial charge in [0.25, 0.3) is 0 Å². The third-order valence-corrected chi connectivity index (χ3v) is 3.82. The third-order valence-electron chi connectivity index (χ3n) is 2.98. The third kappa shape index (κ3) is 4.10. The molecule has 2 atom stereocenters. The maximum Gasteiger partial charge on any atom is 0.192 e. The zero-order valence-corrected chi connectivity index (χ0v) is 12.2. The summed E-state index contributed by atoms with van der Waals surface area (Å²) in [6.07, 6.45) is 3.34. The Morgan fingerprint density at radius 2 is 1.94 bits per heavy atom. The van der Waals surface area contributed by atoms with Crippen molar-refractivity contribution in [3.8, 4) is 0 Å². The molecule has 0 N–H and O–H groups in total. The lowest BCUT2D eigenvalue weighted by molar-refractivity contribution is -0.117. The topological polar surface area (TPSA) is 17.1 Å². The number of halogens is 4. The van der Waals surface area contributed by atoms with Crippen molar-refractivity contribution in [1.29, 1.82) is 0 Å². The SMILES string of the molecule is CC1=CC[C@@H]([C@](C)(Cl)CC(Cl)(Cl)Cl)CC1=O. The lowest BCUT2D eigenvalue weighted by Crippen LogP contribution is -2.35. The number of allylic oxidation sites excluding steroid dienone is 2. The van der Waals surface area contributed by atoms with Crippen molar-refractivity contribution in [3.63, 3.8) is 0 Å². The Hall–Kier alpha value is 0.570. The first-order valence-corrected chi connectivity index (χ1v) is 6.58. The molecule has 0 spiro atoms. The summed E-state index contributed by atoms with van der Waals surface area (Å²) in [5, 5.41) is 0. The fourth-order valence-electron chi connectivity index (χ4n) is 1.90. The Labute approximate surface area is 116 Å². The van der Waals surface area contributed by atoms with Crippen molar-refractivity contribution in [1.82, 2.24) is 0 Å². The van der Waals surface area contributed by atoms with E-state index < -0.39 is 8.67 Å². The van der Waals surface area contributed by atoms with E-state index in [1.165, 1.54) is 0 Å². The van der Waals surface area contributed by atoms with Crippen LogP contribution in [0.1, 0.15) is 33.1 Å². The number of carbonyl (C=O) groups is 1. The molecule has 0 heterocycles. The van der Waals surface area contributed by atoms with Crippen LogP contribution in [0.4, 0.5) is 0 Å². The van der Waals surface area contributed by atoms with Gasteiger partial charge in [-0.3, -0.25) is 4.79 Å². The van der Waals surface area contributed by atoms with E-state index in [-0.39, 0.29) is 18.1 Å². The van der Waals surface area contributed by atoms with Gasteiger partial charge in [-0.05, 0) is 31.8 Å². The number of hydrogen-bond acceptors (Lipinski definition) is 1. The highest BCUT2D eigenvalue weighted by Gasteiger charge is 2.40. The zero-order valence-electron chi connectivity index (χ0n) is 9.20. The molecule has 0 aromatic heterocycles. The van der Waals surface area contributed by atoms with E-state index >= 15 is 0 Å². The molecule has 1 nitrogen and oxygen atoms in total. The summed E-state index contributed by atoms with van der Waals surface area (Å²) in [5.41, 5.74) is 0.803. The Balaban J connectivity index is 2.75. The van der Waals surface area contributed by atoms with Crippen LogP contribution in [0, 0.1) is 5.92 Å². The van der Waals surface area contributed by atoms with Gasteiger partial charge in [0, 0.05) is 17.7 Å². The van der Waals surface area contributed by atoms with Crippen LogP contribution in [0.2, 0.25) is 0 Å². The van der Waals surface area contributed by atoms with Crippen LogP contribution in [-0.4, -0.2) is 14.4 Å².